The molecular weight excluding hydrogens is 821 g/mol. The first-order chi connectivity index (χ1) is 33.1. The number of rotatable bonds is 6. The van der Waals surface area contributed by atoms with Crippen LogP contribution < -0.4 is 0 Å². The van der Waals surface area contributed by atoms with E-state index in [4.69, 9.17) is 10.4 Å². The molecule has 0 amide bonds. The minimum Gasteiger partial charge on any atom is -0.308 e. The zero-order valence-electron chi connectivity index (χ0n) is 35.8. The van der Waals surface area contributed by atoms with Crippen LogP contribution in [0.4, 0.5) is 0 Å². The van der Waals surface area contributed by atoms with Crippen LogP contribution in [0, 0.1) is 28.1 Å². The Kier molecular flexibility index (Phi) is 9.23. The average Bonchev–Trinajstić information content (AvgIpc) is 4.04. The molecule has 3 aromatic heterocycles. The van der Waals surface area contributed by atoms with Crippen molar-refractivity contribution in [3.8, 4) is 29.2 Å². The highest BCUT2D eigenvalue weighted by atomic mass is 15.0. The van der Waals surface area contributed by atoms with Crippen molar-refractivity contribution in [1.29, 1.82) is 15.9 Å². The number of para-hydroxylation sites is 5. The van der Waals surface area contributed by atoms with Gasteiger partial charge in [0.1, 0.15) is 0 Å². The van der Waals surface area contributed by atoms with Crippen LogP contribution in [0.1, 0.15) is 27.8 Å². The molecule has 0 atom stereocenters. The molecule has 12 rings (SSSR count). The van der Waals surface area contributed by atoms with E-state index >= 15 is 0 Å². The summed E-state index contributed by atoms with van der Waals surface area (Å²) in [5, 5.41) is 34.7. The standard InChI is InChI=1S/C59H36N8/c60-35-38-23-29-41(30-24-38)58(62)64-59(42-31-25-39(36-61)26-32-42)63-37-40-27-33-45(34-28-40)67-51-22-12-9-19-48(51)54-56-52(46-17-7-10-20-49(46)65(56)43-13-3-1-4-14-43)55-53(57(54)67)47-18-8-11-21-50(47)66(55)44-15-5-2-6-16-44/h1-34,37,62H/b62-58?,63-37+,64-59-. The number of aromatic nitrogens is 3. The Balaban J connectivity index is 1.11. The lowest BCUT2D eigenvalue weighted by Gasteiger charge is -2.13. The lowest BCUT2D eigenvalue weighted by atomic mass is 10.0. The van der Waals surface area contributed by atoms with Crippen molar-refractivity contribution < 1.29 is 0 Å². The maximum atomic E-state index is 9.48. The van der Waals surface area contributed by atoms with E-state index in [9.17, 15) is 10.5 Å². The number of nitrogens with zero attached hydrogens (tertiary/aromatic N) is 7. The number of nitrogens with one attached hydrogen (secondary N) is 1. The SMILES string of the molecule is N#Cc1ccc(C(=N)/N=C(\N=C\c2ccc(-n3c4ccccc4c4c5c(c6ccccc6n5-c5ccccc5)c5c(c6ccccc6n5-c5ccccc5)c43)cc2)c2ccc(C#N)cc2)cc1. The zero-order chi connectivity index (χ0) is 45.0. The van der Waals surface area contributed by atoms with E-state index in [0.29, 0.717) is 28.1 Å². The Morgan fingerprint density at radius 1 is 0.418 bits per heavy atom. The van der Waals surface area contributed by atoms with E-state index in [1.807, 2.05) is 0 Å². The number of benzene rings is 9. The molecule has 8 nitrogen and oxygen atoms in total. The number of hydrogen-bond donors (Lipinski definition) is 1. The van der Waals surface area contributed by atoms with Crippen molar-refractivity contribution >= 4 is 83.3 Å². The molecule has 3 heterocycles. The molecule has 1 N–H and O–H groups in total. The molecule has 9 aromatic carbocycles. The van der Waals surface area contributed by atoms with Gasteiger partial charge in [-0.15, -0.1) is 0 Å². The predicted molar refractivity (Wildman–Crippen MR) is 273 cm³/mol. The van der Waals surface area contributed by atoms with Crippen LogP contribution in [0.25, 0.3) is 82.5 Å². The Bertz CT molecular complexity index is 4010. The topological polar surface area (TPSA) is 111 Å². The third kappa shape index (κ3) is 6.32. The number of amidine groups is 2. The summed E-state index contributed by atoms with van der Waals surface area (Å²) in [5.74, 6) is 0.323. The highest BCUT2D eigenvalue weighted by molar-refractivity contribution is 6.40. The van der Waals surface area contributed by atoms with Gasteiger partial charge in [-0.3, -0.25) is 5.41 Å². The third-order valence-electron chi connectivity index (χ3n) is 12.6. The summed E-state index contributed by atoms with van der Waals surface area (Å²) in [5.41, 5.74) is 13.0. The fourth-order valence-corrected chi connectivity index (χ4v) is 9.69. The zero-order valence-corrected chi connectivity index (χ0v) is 35.8. The van der Waals surface area contributed by atoms with Crippen molar-refractivity contribution in [1.82, 2.24) is 13.7 Å². The van der Waals surface area contributed by atoms with Crippen LogP contribution in [-0.4, -0.2) is 31.6 Å². The van der Waals surface area contributed by atoms with E-state index in [2.05, 4.69) is 189 Å². The molecule has 0 fully saturated rings. The Morgan fingerprint density at radius 3 is 1.21 bits per heavy atom. The minimum atomic E-state index is 0.00283. The van der Waals surface area contributed by atoms with Crippen LogP contribution in [0.3, 0.4) is 0 Å². The smallest absolute Gasteiger partial charge is 0.161 e. The van der Waals surface area contributed by atoms with Gasteiger partial charge in [-0.1, -0.05) is 103 Å². The van der Waals surface area contributed by atoms with Gasteiger partial charge in [0.05, 0.1) is 56.4 Å². The minimum absolute atomic E-state index is 0.00283. The van der Waals surface area contributed by atoms with Gasteiger partial charge in [0.25, 0.3) is 0 Å². The molecule has 0 radical (unpaired) electrons. The van der Waals surface area contributed by atoms with Crippen LogP contribution in [0.2, 0.25) is 0 Å². The number of nitriles is 2. The van der Waals surface area contributed by atoms with Crippen LogP contribution in [0.5, 0.6) is 0 Å². The quantitative estimate of drug-likeness (QED) is 0.133. The molecule has 312 valence electrons. The van der Waals surface area contributed by atoms with E-state index in [1.54, 1.807) is 54.7 Å². The second-order valence-electron chi connectivity index (χ2n) is 16.4. The second-order valence-corrected chi connectivity index (χ2v) is 16.4. The summed E-state index contributed by atoms with van der Waals surface area (Å²) in [4.78, 5) is 9.49. The van der Waals surface area contributed by atoms with Crippen molar-refractivity contribution in [3.05, 3.63) is 234 Å². The molecule has 0 bridgehead atoms. The molecule has 0 spiro atoms. The first kappa shape index (κ1) is 39.0. The van der Waals surface area contributed by atoms with Gasteiger partial charge in [0.15, 0.2) is 11.7 Å². The lowest BCUT2D eigenvalue weighted by Crippen LogP contribution is -2.05. The van der Waals surface area contributed by atoms with Gasteiger partial charge >= 0.3 is 0 Å². The van der Waals surface area contributed by atoms with Gasteiger partial charge in [0, 0.05) is 66.7 Å². The number of aliphatic imine (C=N–C) groups is 2. The van der Waals surface area contributed by atoms with Gasteiger partial charge in [0.2, 0.25) is 0 Å². The molecular formula is C59H36N8. The van der Waals surface area contributed by atoms with E-state index in [0.717, 1.165) is 61.1 Å². The molecule has 0 saturated carbocycles. The molecule has 8 heteroatoms. The fraction of sp³-hybridized carbons (Fsp3) is 0. The first-order valence-electron chi connectivity index (χ1n) is 21.9. The van der Waals surface area contributed by atoms with Crippen molar-refractivity contribution in [2.24, 2.45) is 9.98 Å². The normalized spacial score (nSPS) is 11.9. The van der Waals surface area contributed by atoms with Crippen LogP contribution in [0.15, 0.2) is 216 Å². The van der Waals surface area contributed by atoms with Gasteiger partial charge in [-0.25, -0.2) is 9.98 Å². The van der Waals surface area contributed by atoms with Gasteiger partial charge in [-0.2, -0.15) is 10.5 Å². The Labute approximate surface area is 384 Å². The van der Waals surface area contributed by atoms with Gasteiger partial charge < -0.3 is 13.7 Å². The maximum absolute atomic E-state index is 9.48. The highest BCUT2D eigenvalue weighted by Crippen LogP contribution is 2.50. The van der Waals surface area contributed by atoms with Crippen LogP contribution in [-0.2, 0) is 0 Å². The summed E-state index contributed by atoms with van der Waals surface area (Å²) in [6, 6.07) is 74.1. The van der Waals surface area contributed by atoms with Crippen LogP contribution >= 0.6 is 0 Å². The van der Waals surface area contributed by atoms with Crippen molar-refractivity contribution in [2.45, 2.75) is 0 Å². The van der Waals surface area contributed by atoms with E-state index in [-0.39, 0.29) is 5.84 Å². The summed E-state index contributed by atoms with van der Waals surface area (Å²) in [6.07, 6.45) is 1.76. The first-order valence-corrected chi connectivity index (χ1v) is 21.9. The molecule has 0 unspecified atom stereocenters. The third-order valence-corrected chi connectivity index (χ3v) is 12.6. The molecule has 0 aliphatic rings. The molecule has 0 saturated heterocycles. The highest BCUT2D eigenvalue weighted by Gasteiger charge is 2.28. The van der Waals surface area contributed by atoms with E-state index in [1.165, 1.54) is 26.9 Å². The second kappa shape index (κ2) is 15.9. The summed E-state index contributed by atoms with van der Waals surface area (Å²) in [6.45, 7) is 0. The predicted octanol–water partition coefficient (Wildman–Crippen LogP) is 13.6. The molecule has 0 aliphatic heterocycles. The van der Waals surface area contributed by atoms with Gasteiger partial charge in [-0.05, 0) is 109 Å². The number of fused-ring (bicyclic) bond motifs is 12. The summed E-state index contributed by atoms with van der Waals surface area (Å²) >= 11 is 0. The van der Waals surface area contributed by atoms with Crippen molar-refractivity contribution in [2.75, 3.05) is 0 Å². The average molecular weight is 857 g/mol. The number of hydrogen-bond acceptors (Lipinski definition) is 3. The lowest BCUT2D eigenvalue weighted by molar-refractivity contribution is 1.17. The monoisotopic (exact) mass is 856 g/mol. The largest absolute Gasteiger partial charge is 0.308 e. The Morgan fingerprint density at radius 2 is 0.791 bits per heavy atom. The Hall–Kier alpha value is -9.63. The maximum Gasteiger partial charge on any atom is 0.161 e. The fourth-order valence-electron chi connectivity index (χ4n) is 9.69. The summed E-state index contributed by atoms with van der Waals surface area (Å²) < 4.78 is 7.32. The molecule has 67 heavy (non-hydrogen) atoms. The molecule has 0 aliphatic carbocycles. The summed E-state index contributed by atoms with van der Waals surface area (Å²) in [7, 11) is 0. The van der Waals surface area contributed by atoms with Crippen molar-refractivity contribution in [3.63, 3.8) is 0 Å². The van der Waals surface area contributed by atoms with E-state index < -0.39 is 0 Å². The molecule has 12 aromatic rings.